The second-order valence-corrected chi connectivity index (χ2v) is 2.03. The molecule has 0 aromatic heterocycles. The summed E-state index contributed by atoms with van der Waals surface area (Å²) >= 11 is 0. The zero-order chi connectivity index (χ0) is 8.41. The molecule has 0 aromatic rings. The van der Waals surface area contributed by atoms with Crippen molar-refractivity contribution in [3.05, 3.63) is 0 Å². The molecule has 0 spiro atoms. The van der Waals surface area contributed by atoms with Gasteiger partial charge in [0.2, 0.25) is 0 Å². The van der Waals surface area contributed by atoms with Crippen molar-refractivity contribution in [2.75, 3.05) is 26.2 Å². The van der Waals surface area contributed by atoms with Crippen molar-refractivity contribution in [3.8, 4) is 0 Å². The van der Waals surface area contributed by atoms with E-state index in [-0.39, 0.29) is 24.8 Å². The summed E-state index contributed by atoms with van der Waals surface area (Å²) in [5.74, 6) is 0. The van der Waals surface area contributed by atoms with Crippen LogP contribution in [0.2, 0.25) is 0 Å². The Kier molecular flexibility index (Phi) is 43.0. The van der Waals surface area contributed by atoms with Crippen LogP contribution in [0.15, 0.2) is 0 Å². The van der Waals surface area contributed by atoms with Crippen molar-refractivity contribution in [1.82, 2.24) is 4.90 Å². The van der Waals surface area contributed by atoms with Gasteiger partial charge in [0, 0.05) is 0 Å². The van der Waals surface area contributed by atoms with Gasteiger partial charge in [0.25, 0.3) is 0 Å². The molecule has 0 rings (SSSR count). The zero-order valence-corrected chi connectivity index (χ0v) is 10.3. The molecule has 0 aromatic carbocycles. The molecule has 0 radical (unpaired) electrons. The van der Waals surface area contributed by atoms with E-state index in [4.69, 9.17) is 5.73 Å². The second kappa shape index (κ2) is 22.5. The van der Waals surface area contributed by atoms with Crippen molar-refractivity contribution >= 4 is 24.8 Å². The molecule has 2 N–H and O–H groups in total. The molecule has 0 bridgehead atoms. The Bertz CT molecular complexity index is 44.8. The number of rotatable bonds is 3. The summed E-state index contributed by atoms with van der Waals surface area (Å²) in [6, 6.07) is 0. The first-order valence-electron chi connectivity index (χ1n) is 4.19. The number of nitrogens with zero attached hydrogens (tertiary/aromatic N) is 1. The predicted octanol–water partition coefficient (Wildman–Crippen LogP) is 2.16. The van der Waals surface area contributed by atoms with E-state index in [0.29, 0.717) is 0 Å². The van der Waals surface area contributed by atoms with Crippen LogP contribution in [0, 0.1) is 0 Å². The second-order valence-electron chi connectivity index (χ2n) is 2.03. The molecule has 0 aliphatic rings. The normalized spacial score (nSPS) is 7.50. The summed E-state index contributed by atoms with van der Waals surface area (Å²) in [7, 11) is 0. The fourth-order valence-corrected chi connectivity index (χ4v) is 0.671. The minimum atomic E-state index is 0. The van der Waals surface area contributed by atoms with E-state index in [1.165, 1.54) is 19.6 Å². The third-order valence-electron chi connectivity index (χ3n) is 1.34. The highest BCUT2D eigenvalue weighted by molar-refractivity contribution is 5.85. The van der Waals surface area contributed by atoms with Gasteiger partial charge in [-0.3, -0.25) is 0 Å². The van der Waals surface area contributed by atoms with Crippen molar-refractivity contribution in [2.45, 2.75) is 27.7 Å². The maximum atomic E-state index is 4.85. The van der Waals surface area contributed by atoms with Crippen LogP contribution in [0.1, 0.15) is 27.7 Å². The molecule has 80 valence electrons. The van der Waals surface area contributed by atoms with Crippen molar-refractivity contribution in [2.24, 2.45) is 5.73 Å². The minimum Gasteiger partial charge on any atom is -0.331 e. The first kappa shape index (κ1) is 22.9. The van der Waals surface area contributed by atoms with E-state index >= 15 is 0 Å². The van der Waals surface area contributed by atoms with Crippen molar-refractivity contribution in [1.29, 1.82) is 0 Å². The molecule has 2 nitrogen and oxygen atoms in total. The van der Waals surface area contributed by atoms with E-state index in [0.717, 1.165) is 6.54 Å². The summed E-state index contributed by atoms with van der Waals surface area (Å²) in [4.78, 5) is 2.38. The lowest BCUT2D eigenvalue weighted by molar-refractivity contribution is 0.321. The summed E-state index contributed by atoms with van der Waals surface area (Å²) in [5.41, 5.74) is 4.85. The van der Waals surface area contributed by atoms with Gasteiger partial charge in [-0.15, -0.1) is 24.8 Å². The maximum Gasteiger partial charge on any atom is -0.00474 e. The Morgan fingerprint density at radius 2 is 1.00 bits per heavy atom. The summed E-state index contributed by atoms with van der Waals surface area (Å²) < 4.78 is 0. The predicted molar refractivity (Wildman–Crippen MR) is 62.7 cm³/mol. The van der Waals surface area contributed by atoms with Gasteiger partial charge in [-0.25, -0.2) is 0 Å². The van der Waals surface area contributed by atoms with E-state index in [1.807, 2.05) is 6.92 Å². The monoisotopic (exact) mass is 218 g/mol. The number of hydrogen-bond donors (Lipinski definition) is 1. The summed E-state index contributed by atoms with van der Waals surface area (Å²) in [5, 5.41) is 0. The molecule has 0 amide bonds. The van der Waals surface area contributed by atoms with Crippen LogP contribution >= 0.6 is 24.8 Å². The van der Waals surface area contributed by atoms with Gasteiger partial charge in [0.05, 0.1) is 0 Å². The molecule has 0 aliphatic heterocycles. The van der Waals surface area contributed by atoms with Crippen molar-refractivity contribution in [3.63, 3.8) is 0 Å². The van der Waals surface area contributed by atoms with Gasteiger partial charge in [-0.05, 0) is 26.2 Å². The topological polar surface area (TPSA) is 29.3 Å². The van der Waals surface area contributed by atoms with E-state index in [9.17, 15) is 0 Å². The average molecular weight is 219 g/mol. The molecule has 12 heavy (non-hydrogen) atoms. The lowest BCUT2D eigenvalue weighted by Gasteiger charge is -2.13. The molecular weight excluding hydrogens is 195 g/mol. The zero-order valence-electron chi connectivity index (χ0n) is 8.67. The van der Waals surface area contributed by atoms with Gasteiger partial charge in [0.15, 0.2) is 0 Å². The average Bonchev–Trinajstić information content (AvgIpc) is 1.93. The third kappa shape index (κ3) is 22.4. The fourth-order valence-electron chi connectivity index (χ4n) is 0.671. The molecular formula is C8H24Cl2N2. The van der Waals surface area contributed by atoms with Crippen LogP contribution in [0.4, 0.5) is 0 Å². The molecule has 0 fully saturated rings. The first-order chi connectivity index (χ1) is 4.76. The fraction of sp³-hybridized carbons (Fsp3) is 1.00. The van der Waals surface area contributed by atoms with Crippen molar-refractivity contribution < 1.29 is 0 Å². The third-order valence-corrected chi connectivity index (χ3v) is 1.34. The highest BCUT2D eigenvalue weighted by Gasteiger charge is 1.89. The van der Waals surface area contributed by atoms with Gasteiger partial charge < -0.3 is 10.6 Å². The molecule has 4 heteroatoms. The van der Waals surface area contributed by atoms with Gasteiger partial charge in [0.1, 0.15) is 0 Å². The molecule has 0 heterocycles. The van der Waals surface area contributed by atoms with Gasteiger partial charge in [-0.2, -0.15) is 0 Å². The van der Waals surface area contributed by atoms with Gasteiger partial charge in [-0.1, -0.05) is 27.7 Å². The Morgan fingerprint density at radius 3 is 1.00 bits per heavy atom. The SMILES string of the molecule is CCN.CCN(CC)CC.Cl.Cl. The lowest BCUT2D eigenvalue weighted by atomic mass is 10.5. The number of halogens is 2. The van der Waals surface area contributed by atoms with Crippen LogP contribution in [-0.4, -0.2) is 31.1 Å². The van der Waals surface area contributed by atoms with E-state index < -0.39 is 0 Å². The van der Waals surface area contributed by atoms with Crippen LogP contribution in [-0.2, 0) is 0 Å². The molecule has 0 saturated heterocycles. The highest BCUT2D eigenvalue weighted by atomic mass is 35.5. The highest BCUT2D eigenvalue weighted by Crippen LogP contribution is 1.81. The van der Waals surface area contributed by atoms with Gasteiger partial charge >= 0.3 is 0 Å². The number of nitrogens with two attached hydrogens (primary N) is 1. The molecule has 0 unspecified atom stereocenters. The summed E-state index contributed by atoms with van der Waals surface area (Å²) in [6.45, 7) is 12.8. The quantitative estimate of drug-likeness (QED) is 0.788. The van der Waals surface area contributed by atoms with Crippen LogP contribution in [0.3, 0.4) is 0 Å². The Hall–Kier alpha value is 0.500. The van der Waals surface area contributed by atoms with Crippen LogP contribution in [0.5, 0.6) is 0 Å². The standard InChI is InChI=1S/C6H15N.C2H7N.2ClH/c1-4-7(5-2)6-3;1-2-3;;/h4-6H2,1-3H3;2-3H2,1H3;2*1H. The van der Waals surface area contributed by atoms with Crippen LogP contribution in [0.25, 0.3) is 0 Å². The minimum absolute atomic E-state index is 0. The Balaban J connectivity index is -0.0000000569. The molecule has 0 saturated carbocycles. The smallest absolute Gasteiger partial charge is 0.00474 e. The van der Waals surface area contributed by atoms with E-state index in [1.54, 1.807) is 0 Å². The Morgan fingerprint density at radius 1 is 0.833 bits per heavy atom. The van der Waals surface area contributed by atoms with E-state index in [2.05, 4.69) is 25.7 Å². The maximum absolute atomic E-state index is 4.85. The largest absolute Gasteiger partial charge is 0.331 e. The Labute approximate surface area is 89.7 Å². The first-order valence-corrected chi connectivity index (χ1v) is 4.19. The number of hydrogen-bond acceptors (Lipinski definition) is 2. The summed E-state index contributed by atoms with van der Waals surface area (Å²) in [6.07, 6.45) is 0. The lowest BCUT2D eigenvalue weighted by Crippen LogP contribution is -2.21. The molecule has 0 atom stereocenters. The molecule has 0 aliphatic carbocycles. The van der Waals surface area contributed by atoms with Crippen LogP contribution < -0.4 is 5.73 Å².